The normalized spacial score (nSPS) is 8.85. The molecule has 72 valence electrons. The summed E-state index contributed by atoms with van der Waals surface area (Å²) >= 11 is 0. The molecule has 0 atom stereocenters. The number of hydrogen-bond donors (Lipinski definition) is 3. The Bertz CT molecular complexity index is 259. The highest BCUT2D eigenvalue weighted by Gasteiger charge is 2.10. The number of benzene rings is 1. The molecule has 0 aromatic heterocycles. The van der Waals surface area contributed by atoms with Crippen LogP contribution in [0.25, 0.3) is 0 Å². The third kappa shape index (κ3) is 4.14. The van der Waals surface area contributed by atoms with Gasteiger partial charge < -0.3 is 20.4 Å². The van der Waals surface area contributed by atoms with Gasteiger partial charge in [-0.3, -0.25) is 0 Å². The monoisotopic (exact) mass is 203 g/mol. The van der Waals surface area contributed by atoms with E-state index < -0.39 is 7.32 Å². The van der Waals surface area contributed by atoms with E-state index in [-0.39, 0.29) is 12.4 Å². The summed E-state index contributed by atoms with van der Waals surface area (Å²) in [5, 5.41) is 16.9. The number of halogens is 1. The first kappa shape index (κ1) is 12.3. The molecule has 0 aliphatic heterocycles. The van der Waals surface area contributed by atoms with E-state index in [4.69, 9.17) is 15.8 Å². The van der Waals surface area contributed by atoms with Gasteiger partial charge in [-0.15, -0.1) is 12.4 Å². The second kappa shape index (κ2) is 5.82. The Kier molecular flexibility index (Phi) is 5.49. The maximum absolute atomic E-state index is 8.47. The van der Waals surface area contributed by atoms with Gasteiger partial charge in [0.15, 0.2) is 0 Å². The lowest BCUT2D eigenvalue weighted by molar-refractivity contribution is 0.288. The molecule has 0 amide bonds. The van der Waals surface area contributed by atoms with Crippen molar-refractivity contribution < 1.29 is 14.7 Å². The summed E-state index contributed by atoms with van der Waals surface area (Å²) in [5.41, 5.74) is 6.25. The van der Waals surface area contributed by atoms with Crippen molar-refractivity contribution in [3.63, 3.8) is 0 Å². The summed E-state index contributed by atoms with van der Waals surface area (Å²) in [5.74, 6) is 0.396. The summed E-state index contributed by atoms with van der Waals surface area (Å²) in [6, 6.07) is 6.84. The van der Waals surface area contributed by atoms with E-state index in [0.29, 0.717) is 12.3 Å². The highest BCUT2D eigenvalue weighted by atomic mass is 35.5. The quantitative estimate of drug-likeness (QED) is 0.601. The minimum Gasteiger partial charge on any atom is -0.512 e. The average molecular weight is 203 g/mol. The lowest BCUT2D eigenvalue weighted by Gasteiger charge is -2.05. The second-order valence-electron chi connectivity index (χ2n) is 2.30. The second-order valence-corrected chi connectivity index (χ2v) is 2.30. The molecule has 13 heavy (non-hydrogen) atoms. The van der Waals surface area contributed by atoms with Gasteiger partial charge in [-0.25, -0.2) is 0 Å². The van der Waals surface area contributed by atoms with E-state index in [9.17, 15) is 0 Å². The maximum Gasteiger partial charge on any atom is 0.707 e. The van der Waals surface area contributed by atoms with Crippen molar-refractivity contribution in [3.8, 4) is 5.75 Å². The van der Waals surface area contributed by atoms with Gasteiger partial charge in [-0.2, -0.15) is 0 Å². The Hall–Kier alpha value is -0.745. The van der Waals surface area contributed by atoms with Gasteiger partial charge in [-0.1, -0.05) is 12.1 Å². The van der Waals surface area contributed by atoms with Crippen molar-refractivity contribution >= 4 is 19.7 Å². The predicted molar refractivity (Wildman–Crippen MR) is 52.4 cm³/mol. The molecule has 0 aliphatic rings. The predicted octanol–water partition coefficient (Wildman–Crippen LogP) is -0.0846. The van der Waals surface area contributed by atoms with Gasteiger partial charge in [0.05, 0.1) is 0 Å². The van der Waals surface area contributed by atoms with Gasteiger partial charge >= 0.3 is 7.32 Å². The van der Waals surface area contributed by atoms with Crippen LogP contribution in [0.2, 0.25) is 0 Å². The Balaban J connectivity index is 0.00000144. The lowest BCUT2D eigenvalue weighted by Crippen LogP contribution is -2.20. The minimum absolute atomic E-state index is 0. The molecule has 0 saturated carbocycles. The van der Waals surface area contributed by atoms with Crippen LogP contribution in [0.4, 0.5) is 0 Å². The van der Waals surface area contributed by atoms with E-state index in [0.717, 1.165) is 5.56 Å². The van der Waals surface area contributed by atoms with Gasteiger partial charge in [0.25, 0.3) is 0 Å². The molecule has 0 bridgehead atoms. The van der Waals surface area contributed by atoms with Crippen LogP contribution in [0.3, 0.4) is 0 Å². The highest BCUT2D eigenvalue weighted by molar-refractivity contribution is 6.33. The molecule has 4 N–H and O–H groups in total. The summed E-state index contributed by atoms with van der Waals surface area (Å²) in [6.07, 6.45) is 0. The largest absolute Gasteiger partial charge is 0.707 e. The van der Waals surface area contributed by atoms with Gasteiger partial charge in [0, 0.05) is 6.54 Å². The van der Waals surface area contributed by atoms with E-state index in [1.54, 1.807) is 18.2 Å². The van der Waals surface area contributed by atoms with Crippen LogP contribution in [0, 0.1) is 0 Å². The Morgan fingerprint density at radius 2 is 2.08 bits per heavy atom. The zero-order valence-corrected chi connectivity index (χ0v) is 7.70. The van der Waals surface area contributed by atoms with Crippen molar-refractivity contribution in [1.29, 1.82) is 0 Å². The minimum atomic E-state index is -1.78. The third-order valence-electron chi connectivity index (χ3n) is 1.38. The molecular formula is C7H11BClNO3. The van der Waals surface area contributed by atoms with Gasteiger partial charge in [-0.05, 0) is 17.7 Å². The summed E-state index contributed by atoms with van der Waals surface area (Å²) in [6.45, 7) is 0.402. The fraction of sp³-hybridized carbons (Fsp3) is 0.143. The molecule has 4 nitrogen and oxygen atoms in total. The van der Waals surface area contributed by atoms with Crippen LogP contribution in [0.5, 0.6) is 5.75 Å². The molecule has 0 saturated heterocycles. The van der Waals surface area contributed by atoms with Crippen LogP contribution in [-0.4, -0.2) is 17.4 Å². The van der Waals surface area contributed by atoms with Crippen molar-refractivity contribution in [3.05, 3.63) is 29.8 Å². The molecule has 1 aromatic rings. The highest BCUT2D eigenvalue weighted by Crippen LogP contribution is 2.12. The first-order valence-corrected chi connectivity index (χ1v) is 3.54. The number of hydrogen-bond acceptors (Lipinski definition) is 4. The molecular weight excluding hydrogens is 192 g/mol. The Labute approximate surface area is 82.9 Å². The smallest absolute Gasteiger partial charge is 0.512 e. The fourth-order valence-corrected chi connectivity index (χ4v) is 0.867. The standard InChI is InChI=1S/C7H10BNO3.ClH/c9-5-6-2-1-3-7(4-6)12-8(10)11;/h1-4,10-11H,5,9H2;1H. The molecule has 6 heteroatoms. The van der Waals surface area contributed by atoms with Crippen LogP contribution in [0.15, 0.2) is 24.3 Å². The summed E-state index contributed by atoms with van der Waals surface area (Å²) < 4.78 is 4.61. The average Bonchev–Trinajstić information content (AvgIpc) is 2.03. The van der Waals surface area contributed by atoms with E-state index >= 15 is 0 Å². The molecule has 0 aliphatic carbocycles. The SMILES string of the molecule is Cl.NCc1cccc(OB(O)O)c1. The molecule has 0 unspecified atom stereocenters. The molecule has 0 fully saturated rings. The molecule has 1 aromatic carbocycles. The molecule has 0 radical (unpaired) electrons. The maximum atomic E-state index is 8.47. The molecule has 0 spiro atoms. The van der Waals surface area contributed by atoms with Crippen LogP contribution in [0.1, 0.15) is 5.56 Å². The van der Waals surface area contributed by atoms with Gasteiger partial charge in [0.1, 0.15) is 5.75 Å². The summed E-state index contributed by atoms with van der Waals surface area (Å²) in [7, 11) is -1.78. The van der Waals surface area contributed by atoms with Crippen molar-refractivity contribution in [2.24, 2.45) is 5.73 Å². The third-order valence-corrected chi connectivity index (χ3v) is 1.38. The first-order chi connectivity index (χ1) is 5.72. The zero-order valence-electron chi connectivity index (χ0n) is 6.88. The van der Waals surface area contributed by atoms with Crippen LogP contribution < -0.4 is 10.4 Å². The van der Waals surface area contributed by atoms with E-state index in [1.807, 2.05) is 6.07 Å². The Morgan fingerprint density at radius 3 is 2.62 bits per heavy atom. The van der Waals surface area contributed by atoms with E-state index in [2.05, 4.69) is 4.65 Å². The van der Waals surface area contributed by atoms with Crippen LogP contribution >= 0.6 is 12.4 Å². The number of rotatable bonds is 3. The number of nitrogens with two attached hydrogens (primary N) is 1. The summed E-state index contributed by atoms with van der Waals surface area (Å²) in [4.78, 5) is 0. The lowest BCUT2D eigenvalue weighted by atomic mass is 10.2. The first-order valence-electron chi connectivity index (χ1n) is 3.54. The van der Waals surface area contributed by atoms with Crippen molar-refractivity contribution in [2.75, 3.05) is 0 Å². The zero-order chi connectivity index (χ0) is 8.97. The topological polar surface area (TPSA) is 75.7 Å². The van der Waals surface area contributed by atoms with Crippen LogP contribution in [-0.2, 0) is 6.54 Å². The fourth-order valence-electron chi connectivity index (χ4n) is 0.867. The van der Waals surface area contributed by atoms with Gasteiger partial charge in [0.2, 0.25) is 0 Å². The molecule has 1 rings (SSSR count). The molecule has 0 heterocycles. The Morgan fingerprint density at radius 1 is 1.38 bits per heavy atom. The van der Waals surface area contributed by atoms with E-state index in [1.165, 1.54) is 0 Å². The van der Waals surface area contributed by atoms with Crippen molar-refractivity contribution in [1.82, 2.24) is 0 Å². The van der Waals surface area contributed by atoms with Crippen molar-refractivity contribution in [2.45, 2.75) is 6.54 Å².